The van der Waals surface area contributed by atoms with Gasteiger partial charge in [0.05, 0.1) is 0 Å². The Balaban J connectivity index is 2.89. The lowest BCUT2D eigenvalue weighted by atomic mass is 9.98. The topological polar surface area (TPSA) is 40.5 Å². The average molecular weight is 259 g/mol. The molecule has 0 saturated carbocycles. The van der Waals surface area contributed by atoms with Crippen LogP contribution in [0.3, 0.4) is 0 Å². The van der Waals surface area contributed by atoms with Gasteiger partial charge in [-0.05, 0) is 44.5 Å². The van der Waals surface area contributed by atoms with Crippen molar-refractivity contribution in [2.24, 2.45) is 0 Å². The van der Waals surface area contributed by atoms with Gasteiger partial charge in [0.1, 0.15) is 6.61 Å². The largest absolute Gasteiger partial charge is 0.384 e. The van der Waals surface area contributed by atoms with E-state index in [0.717, 1.165) is 12.0 Å². The van der Waals surface area contributed by atoms with Crippen LogP contribution in [0.25, 0.3) is 0 Å². The second kappa shape index (κ2) is 6.40. The minimum Gasteiger partial charge on any atom is -0.384 e. The van der Waals surface area contributed by atoms with E-state index in [9.17, 15) is 4.79 Å². The zero-order chi connectivity index (χ0) is 14.5. The first-order chi connectivity index (χ1) is 8.92. The molecular weight excluding hydrogens is 238 g/mol. The van der Waals surface area contributed by atoms with Crippen LogP contribution in [0.2, 0.25) is 0 Å². The number of carbonyl (C=O) groups is 1. The molecule has 0 atom stereocenters. The highest BCUT2D eigenvalue weighted by molar-refractivity contribution is 5.94. The molecule has 0 aromatic heterocycles. The van der Waals surface area contributed by atoms with Crippen molar-refractivity contribution in [2.45, 2.75) is 32.7 Å². The Labute approximate surface area is 115 Å². The molecule has 19 heavy (non-hydrogen) atoms. The minimum absolute atomic E-state index is 0.00789. The zero-order valence-corrected chi connectivity index (χ0v) is 12.0. The number of hydrogen-bond donors (Lipinski definition) is 1. The number of hydrogen-bond acceptors (Lipinski definition) is 2. The van der Waals surface area contributed by atoms with Crippen molar-refractivity contribution in [3.8, 4) is 11.8 Å². The van der Waals surface area contributed by atoms with Gasteiger partial charge in [-0.2, -0.15) is 0 Å². The third kappa shape index (κ3) is 3.84. The first kappa shape index (κ1) is 15.3. The Morgan fingerprint density at radius 3 is 2.37 bits per heavy atom. The summed E-state index contributed by atoms with van der Waals surface area (Å²) in [7, 11) is 1.82. The fourth-order valence-electron chi connectivity index (χ4n) is 1.54. The van der Waals surface area contributed by atoms with Gasteiger partial charge in [0.25, 0.3) is 5.91 Å². The van der Waals surface area contributed by atoms with E-state index >= 15 is 0 Å². The number of aliphatic hydroxyl groups is 1. The Morgan fingerprint density at radius 2 is 1.89 bits per heavy atom. The molecule has 102 valence electrons. The summed E-state index contributed by atoms with van der Waals surface area (Å²) in [5.41, 5.74) is 1.29. The summed E-state index contributed by atoms with van der Waals surface area (Å²) in [6.45, 7) is 6.00. The van der Waals surface area contributed by atoms with E-state index in [-0.39, 0.29) is 18.1 Å². The third-order valence-electron chi connectivity index (χ3n) is 3.52. The van der Waals surface area contributed by atoms with Crippen LogP contribution in [0, 0.1) is 11.8 Å². The smallest absolute Gasteiger partial charge is 0.254 e. The summed E-state index contributed by atoms with van der Waals surface area (Å²) >= 11 is 0. The molecule has 0 aliphatic rings. The lowest BCUT2D eigenvalue weighted by Gasteiger charge is -2.34. The van der Waals surface area contributed by atoms with Gasteiger partial charge in [-0.1, -0.05) is 18.8 Å². The Bertz CT molecular complexity index is 492. The monoisotopic (exact) mass is 259 g/mol. The minimum atomic E-state index is -0.160. The van der Waals surface area contributed by atoms with E-state index in [0.29, 0.717) is 5.56 Å². The second-order valence-electron chi connectivity index (χ2n) is 5.07. The van der Waals surface area contributed by atoms with Crippen molar-refractivity contribution in [2.75, 3.05) is 13.7 Å². The normalized spacial score (nSPS) is 10.6. The van der Waals surface area contributed by atoms with Gasteiger partial charge < -0.3 is 10.0 Å². The van der Waals surface area contributed by atoms with Crippen molar-refractivity contribution in [3.05, 3.63) is 35.4 Å². The predicted molar refractivity (Wildman–Crippen MR) is 76.9 cm³/mol. The molecule has 0 unspecified atom stereocenters. The molecule has 3 heteroatoms. The van der Waals surface area contributed by atoms with Gasteiger partial charge >= 0.3 is 0 Å². The van der Waals surface area contributed by atoms with Crippen LogP contribution in [0.4, 0.5) is 0 Å². The predicted octanol–water partition coefficient (Wildman–Crippen LogP) is 2.29. The molecule has 0 bridgehead atoms. The molecule has 0 heterocycles. The van der Waals surface area contributed by atoms with Crippen LogP contribution in [0.1, 0.15) is 43.1 Å². The molecule has 0 spiro atoms. The summed E-state index contributed by atoms with van der Waals surface area (Å²) in [6.07, 6.45) is 0.898. The van der Waals surface area contributed by atoms with Gasteiger partial charge in [0.15, 0.2) is 0 Å². The average Bonchev–Trinajstić information content (AvgIpc) is 2.44. The Kier molecular flexibility index (Phi) is 5.14. The highest BCUT2D eigenvalue weighted by atomic mass is 16.2. The zero-order valence-electron chi connectivity index (χ0n) is 12.0. The van der Waals surface area contributed by atoms with E-state index in [1.807, 2.05) is 20.9 Å². The van der Waals surface area contributed by atoms with Crippen LogP contribution in [0.15, 0.2) is 24.3 Å². The number of amides is 1. The van der Waals surface area contributed by atoms with Gasteiger partial charge in [-0.15, -0.1) is 0 Å². The van der Waals surface area contributed by atoms with Crippen LogP contribution < -0.4 is 0 Å². The maximum atomic E-state index is 12.3. The first-order valence-electron chi connectivity index (χ1n) is 6.40. The molecule has 1 rings (SSSR count). The van der Waals surface area contributed by atoms with Crippen LogP contribution in [-0.4, -0.2) is 35.1 Å². The summed E-state index contributed by atoms with van der Waals surface area (Å²) in [4.78, 5) is 14.1. The summed E-state index contributed by atoms with van der Waals surface area (Å²) in [5, 5.41) is 8.63. The van der Waals surface area contributed by atoms with Gasteiger partial charge in [-0.3, -0.25) is 4.79 Å². The number of benzene rings is 1. The van der Waals surface area contributed by atoms with E-state index in [1.54, 1.807) is 29.2 Å². The standard InChI is InChI=1S/C16H21NO2/c1-5-16(2,3)17(4)15(19)14-10-8-13(9-11-14)7-6-12-18/h8-11,18H,5,12H2,1-4H3. The lowest BCUT2D eigenvalue weighted by Crippen LogP contribution is -2.44. The molecule has 1 aromatic rings. The Hall–Kier alpha value is -1.79. The third-order valence-corrected chi connectivity index (χ3v) is 3.52. The lowest BCUT2D eigenvalue weighted by molar-refractivity contribution is 0.0620. The van der Waals surface area contributed by atoms with Crippen LogP contribution >= 0.6 is 0 Å². The maximum Gasteiger partial charge on any atom is 0.254 e. The molecular formula is C16H21NO2. The maximum absolute atomic E-state index is 12.3. The number of aliphatic hydroxyl groups excluding tert-OH is 1. The van der Waals surface area contributed by atoms with Crippen molar-refractivity contribution >= 4 is 5.91 Å². The summed E-state index contributed by atoms with van der Waals surface area (Å²) < 4.78 is 0. The highest BCUT2D eigenvalue weighted by Crippen LogP contribution is 2.19. The van der Waals surface area contributed by atoms with Crippen LogP contribution in [-0.2, 0) is 0 Å². The van der Waals surface area contributed by atoms with Gasteiger partial charge in [-0.25, -0.2) is 0 Å². The highest BCUT2D eigenvalue weighted by Gasteiger charge is 2.26. The number of rotatable bonds is 3. The van der Waals surface area contributed by atoms with Crippen molar-refractivity contribution < 1.29 is 9.90 Å². The van der Waals surface area contributed by atoms with E-state index in [2.05, 4.69) is 18.8 Å². The molecule has 0 aliphatic carbocycles. The van der Waals surface area contributed by atoms with Crippen molar-refractivity contribution in [3.63, 3.8) is 0 Å². The van der Waals surface area contributed by atoms with Crippen molar-refractivity contribution in [1.82, 2.24) is 4.90 Å². The molecule has 0 fully saturated rings. The molecule has 1 amide bonds. The van der Waals surface area contributed by atoms with Crippen LogP contribution in [0.5, 0.6) is 0 Å². The molecule has 1 N–H and O–H groups in total. The summed E-state index contributed by atoms with van der Waals surface area (Å²) in [6, 6.07) is 7.13. The first-order valence-corrected chi connectivity index (χ1v) is 6.40. The SMILES string of the molecule is CCC(C)(C)N(C)C(=O)c1ccc(C#CCO)cc1. The summed E-state index contributed by atoms with van der Waals surface area (Å²) in [5.74, 6) is 5.39. The molecule has 1 aromatic carbocycles. The number of carbonyl (C=O) groups excluding carboxylic acids is 1. The molecule has 0 saturated heterocycles. The molecule has 3 nitrogen and oxygen atoms in total. The molecule has 0 radical (unpaired) electrons. The molecule has 0 aliphatic heterocycles. The second-order valence-corrected chi connectivity index (χ2v) is 5.07. The Morgan fingerprint density at radius 1 is 1.32 bits per heavy atom. The number of nitrogens with zero attached hydrogens (tertiary/aromatic N) is 1. The van der Waals surface area contributed by atoms with E-state index in [1.165, 1.54) is 0 Å². The van der Waals surface area contributed by atoms with Gasteiger partial charge in [0, 0.05) is 23.7 Å². The van der Waals surface area contributed by atoms with Gasteiger partial charge in [0.2, 0.25) is 0 Å². The van der Waals surface area contributed by atoms with E-state index in [4.69, 9.17) is 5.11 Å². The van der Waals surface area contributed by atoms with E-state index < -0.39 is 0 Å². The fourth-order valence-corrected chi connectivity index (χ4v) is 1.54. The quantitative estimate of drug-likeness (QED) is 0.846. The van der Waals surface area contributed by atoms with Crippen molar-refractivity contribution in [1.29, 1.82) is 0 Å². The fraction of sp³-hybridized carbons (Fsp3) is 0.438.